The molecule has 0 bridgehead atoms. The lowest BCUT2D eigenvalue weighted by Gasteiger charge is -2.14. The molecule has 0 spiro atoms. The van der Waals surface area contributed by atoms with Gasteiger partial charge in [0.1, 0.15) is 5.82 Å². The van der Waals surface area contributed by atoms with Gasteiger partial charge in [-0.25, -0.2) is 17.5 Å². The van der Waals surface area contributed by atoms with Crippen LogP contribution in [0.25, 0.3) is 0 Å². The van der Waals surface area contributed by atoms with E-state index >= 15 is 0 Å². The van der Waals surface area contributed by atoms with E-state index in [1.54, 1.807) is 18.7 Å². The number of sulfonamides is 1. The smallest absolute Gasteiger partial charge is 0.240 e. The van der Waals surface area contributed by atoms with Gasteiger partial charge in [0.25, 0.3) is 0 Å². The molecule has 3 N–H and O–H groups in total. The number of anilines is 1. The van der Waals surface area contributed by atoms with Crippen LogP contribution >= 0.6 is 11.8 Å². The summed E-state index contributed by atoms with van der Waals surface area (Å²) in [5, 5.41) is 0. The van der Waals surface area contributed by atoms with E-state index in [9.17, 15) is 12.8 Å². The minimum atomic E-state index is -3.66. The Kier molecular flexibility index (Phi) is 5.64. The van der Waals surface area contributed by atoms with Crippen molar-refractivity contribution in [3.63, 3.8) is 0 Å². The van der Waals surface area contributed by atoms with E-state index in [4.69, 9.17) is 5.73 Å². The van der Waals surface area contributed by atoms with Gasteiger partial charge >= 0.3 is 0 Å². The van der Waals surface area contributed by atoms with Crippen molar-refractivity contribution >= 4 is 27.5 Å². The SMILES string of the molecule is CSCCC(C)NS(=O)(=O)c1cc(C)c(F)c(N)c1. The molecule has 0 radical (unpaired) electrons. The molecule has 0 aliphatic rings. The fraction of sp³-hybridized carbons (Fsp3) is 0.500. The third-order valence-corrected chi connectivity index (χ3v) is 4.89. The zero-order chi connectivity index (χ0) is 14.6. The molecule has 108 valence electrons. The first-order valence-electron chi connectivity index (χ1n) is 5.85. The Bertz CT molecular complexity index is 524. The number of nitrogen functional groups attached to an aromatic ring is 1. The monoisotopic (exact) mass is 306 g/mol. The summed E-state index contributed by atoms with van der Waals surface area (Å²) in [6.45, 7) is 3.29. The van der Waals surface area contributed by atoms with E-state index in [1.807, 2.05) is 6.26 Å². The number of nitrogens with two attached hydrogens (primary N) is 1. The lowest BCUT2D eigenvalue weighted by molar-refractivity contribution is 0.556. The molecule has 0 aliphatic heterocycles. The lowest BCUT2D eigenvalue weighted by atomic mass is 10.2. The lowest BCUT2D eigenvalue weighted by Crippen LogP contribution is -2.33. The molecule has 0 saturated carbocycles. The summed E-state index contributed by atoms with van der Waals surface area (Å²) in [7, 11) is -3.66. The van der Waals surface area contributed by atoms with E-state index in [0.29, 0.717) is 0 Å². The Morgan fingerprint density at radius 3 is 2.63 bits per heavy atom. The van der Waals surface area contributed by atoms with Gasteiger partial charge in [0.05, 0.1) is 10.6 Å². The first-order chi connectivity index (χ1) is 8.77. The normalized spacial score (nSPS) is 13.5. The maximum absolute atomic E-state index is 13.4. The summed E-state index contributed by atoms with van der Waals surface area (Å²) in [6.07, 6.45) is 2.70. The van der Waals surface area contributed by atoms with Crippen molar-refractivity contribution in [3.8, 4) is 0 Å². The average molecular weight is 306 g/mol. The van der Waals surface area contributed by atoms with Crippen LogP contribution in [0, 0.1) is 12.7 Å². The van der Waals surface area contributed by atoms with E-state index < -0.39 is 15.8 Å². The Labute approximate surface area is 118 Å². The molecule has 4 nitrogen and oxygen atoms in total. The predicted molar refractivity (Wildman–Crippen MR) is 78.3 cm³/mol. The van der Waals surface area contributed by atoms with Crippen molar-refractivity contribution in [3.05, 3.63) is 23.5 Å². The van der Waals surface area contributed by atoms with Crippen LogP contribution in [0.1, 0.15) is 18.9 Å². The minimum absolute atomic E-state index is 0.0000912. The zero-order valence-electron chi connectivity index (χ0n) is 11.2. The Morgan fingerprint density at radius 2 is 2.11 bits per heavy atom. The van der Waals surface area contributed by atoms with Gasteiger partial charge in [0.2, 0.25) is 10.0 Å². The van der Waals surface area contributed by atoms with Crippen LogP contribution in [-0.2, 0) is 10.0 Å². The number of thioether (sulfide) groups is 1. The maximum atomic E-state index is 13.4. The summed E-state index contributed by atoms with van der Waals surface area (Å²) in [6, 6.07) is 2.25. The molecule has 0 saturated heterocycles. The van der Waals surface area contributed by atoms with Crippen LogP contribution in [0.3, 0.4) is 0 Å². The van der Waals surface area contributed by atoms with Gasteiger partial charge < -0.3 is 5.73 Å². The second-order valence-electron chi connectivity index (χ2n) is 4.45. The highest BCUT2D eigenvalue weighted by Gasteiger charge is 2.19. The standard InChI is InChI=1S/C12H19FN2O2S2/c1-8-6-10(7-11(14)12(8)13)19(16,17)15-9(2)4-5-18-3/h6-7,9,15H,4-5,14H2,1-3H3. The number of nitrogens with one attached hydrogen (secondary N) is 1. The average Bonchev–Trinajstić information content (AvgIpc) is 2.32. The van der Waals surface area contributed by atoms with Crippen molar-refractivity contribution in [2.45, 2.75) is 31.2 Å². The topological polar surface area (TPSA) is 72.2 Å². The third kappa shape index (κ3) is 4.36. The molecule has 19 heavy (non-hydrogen) atoms. The molecule has 0 fully saturated rings. The Morgan fingerprint density at radius 1 is 1.47 bits per heavy atom. The quantitative estimate of drug-likeness (QED) is 0.790. The van der Waals surface area contributed by atoms with Crippen molar-refractivity contribution < 1.29 is 12.8 Å². The molecule has 0 aromatic heterocycles. The Balaban J connectivity index is 2.95. The molecule has 0 heterocycles. The van der Waals surface area contributed by atoms with Gasteiger partial charge in [0.15, 0.2) is 0 Å². The number of aryl methyl sites for hydroxylation is 1. The van der Waals surface area contributed by atoms with Gasteiger partial charge in [0, 0.05) is 6.04 Å². The van der Waals surface area contributed by atoms with Crippen molar-refractivity contribution in [1.29, 1.82) is 0 Å². The van der Waals surface area contributed by atoms with E-state index in [2.05, 4.69) is 4.72 Å². The van der Waals surface area contributed by atoms with Crippen LogP contribution in [0.15, 0.2) is 17.0 Å². The van der Waals surface area contributed by atoms with Crippen molar-refractivity contribution in [2.24, 2.45) is 0 Å². The highest BCUT2D eigenvalue weighted by Crippen LogP contribution is 2.21. The highest BCUT2D eigenvalue weighted by atomic mass is 32.2. The molecule has 0 aliphatic carbocycles. The number of halogens is 1. The maximum Gasteiger partial charge on any atom is 0.240 e. The predicted octanol–water partition coefficient (Wildman–Crippen LogP) is 2.14. The summed E-state index contributed by atoms with van der Waals surface area (Å²) in [4.78, 5) is -0.0000912. The number of hydrogen-bond acceptors (Lipinski definition) is 4. The largest absolute Gasteiger partial charge is 0.396 e. The van der Waals surface area contributed by atoms with Gasteiger partial charge in [-0.1, -0.05) is 0 Å². The van der Waals surface area contributed by atoms with Crippen molar-refractivity contribution in [1.82, 2.24) is 4.72 Å². The fourth-order valence-corrected chi connectivity index (χ4v) is 3.59. The summed E-state index contributed by atoms with van der Waals surface area (Å²) >= 11 is 1.65. The van der Waals surface area contributed by atoms with Gasteiger partial charge in [-0.15, -0.1) is 0 Å². The number of rotatable bonds is 6. The molecule has 1 aromatic rings. The van der Waals surface area contributed by atoms with Crippen molar-refractivity contribution in [2.75, 3.05) is 17.7 Å². The van der Waals surface area contributed by atoms with E-state index in [-0.39, 0.29) is 22.2 Å². The minimum Gasteiger partial charge on any atom is -0.396 e. The summed E-state index contributed by atoms with van der Waals surface area (Å²) < 4.78 is 40.2. The molecule has 1 rings (SSSR count). The first-order valence-corrected chi connectivity index (χ1v) is 8.72. The molecule has 1 aromatic carbocycles. The molecule has 0 amide bonds. The first kappa shape index (κ1) is 16.3. The van der Waals surface area contributed by atoms with Gasteiger partial charge in [-0.3, -0.25) is 0 Å². The van der Waals surface area contributed by atoms with Crippen LogP contribution in [-0.4, -0.2) is 26.5 Å². The van der Waals surface area contributed by atoms with Gasteiger partial charge in [-0.2, -0.15) is 11.8 Å². The number of hydrogen-bond donors (Lipinski definition) is 2. The second kappa shape index (κ2) is 6.58. The second-order valence-corrected chi connectivity index (χ2v) is 7.15. The highest BCUT2D eigenvalue weighted by molar-refractivity contribution is 7.98. The molecular weight excluding hydrogens is 287 g/mol. The Hall–Kier alpha value is -0.790. The van der Waals surface area contributed by atoms with Crippen LogP contribution in [0.4, 0.5) is 10.1 Å². The molecular formula is C12H19FN2O2S2. The third-order valence-electron chi connectivity index (χ3n) is 2.68. The molecule has 7 heteroatoms. The summed E-state index contributed by atoms with van der Waals surface area (Å²) in [5.74, 6) is 0.295. The number of benzene rings is 1. The zero-order valence-corrected chi connectivity index (χ0v) is 12.9. The van der Waals surface area contributed by atoms with Crippen LogP contribution in [0.2, 0.25) is 0 Å². The molecule has 1 atom stereocenters. The fourth-order valence-electron chi connectivity index (χ4n) is 1.60. The van der Waals surface area contributed by atoms with E-state index in [0.717, 1.165) is 18.2 Å². The van der Waals surface area contributed by atoms with Crippen LogP contribution < -0.4 is 10.5 Å². The van der Waals surface area contributed by atoms with Gasteiger partial charge in [-0.05, 0) is 50.0 Å². The molecule has 1 unspecified atom stereocenters. The van der Waals surface area contributed by atoms with Crippen LogP contribution in [0.5, 0.6) is 0 Å². The van der Waals surface area contributed by atoms with E-state index in [1.165, 1.54) is 13.0 Å². The summed E-state index contributed by atoms with van der Waals surface area (Å²) in [5.41, 5.74) is 5.52.